The molecule has 0 spiro atoms. The van der Waals surface area contributed by atoms with Gasteiger partial charge in [0.1, 0.15) is 16.6 Å². The molecule has 0 saturated heterocycles. The molecule has 6 rings (SSSR count). The summed E-state index contributed by atoms with van der Waals surface area (Å²) in [5.41, 5.74) is 1.05. The molecule has 0 aliphatic heterocycles. The third-order valence-corrected chi connectivity index (χ3v) is 11.8. The lowest BCUT2D eigenvalue weighted by molar-refractivity contribution is -0.119. The Morgan fingerprint density at radius 2 is 1.52 bits per heavy atom. The number of alkyl halides is 4. The topological polar surface area (TPSA) is 146 Å². The lowest BCUT2D eigenvalue weighted by atomic mass is 9.82. The van der Waals surface area contributed by atoms with Gasteiger partial charge in [-0.3, -0.25) is 14.6 Å². The van der Waals surface area contributed by atoms with Crippen LogP contribution in [0.15, 0.2) is 52.5 Å². The van der Waals surface area contributed by atoms with E-state index in [9.17, 15) is 27.2 Å². The lowest BCUT2D eigenvalue weighted by Gasteiger charge is -2.35. The van der Waals surface area contributed by atoms with Crippen molar-refractivity contribution in [3.05, 3.63) is 63.9 Å². The van der Waals surface area contributed by atoms with E-state index in [-0.39, 0.29) is 74.3 Å². The molecule has 4 N–H and O–H groups in total. The number of hydrogen-bond acceptors (Lipinski definition) is 11. The predicted molar refractivity (Wildman–Crippen MR) is 204 cm³/mol. The van der Waals surface area contributed by atoms with Crippen molar-refractivity contribution in [3.63, 3.8) is 0 Å². The lowest BCUT2D eigenvalue weighted by Crippen LogP contribution is -2.44. The van der Waals surface area contributed by atoms with Crippen LogP contribution >= 0.6 is 23.1 Å². The van der Waals surface area contributed by atoms with Crippen molar-refractivity contribution in [1.29, 1.82) is 0 Å². The van der Waals surface area contributed by atoms with Crippen molar-refractivity contribution >= 4 is 56.7 Å². The monoisotopic (exact) mass is 787 g/mol. The molecule has 0 radical (unpaired) electrons. The summed E-state index contributed by atoms with van der Waals surface area (Å²) in [6, 6.07) is 9.70. The van der Waals surface area contributed by atoms with Gasteiger partial charge in [0.25, 0.3) is 11.8 Å². The highest BCUT2D eigenvalue weighted by Crippen LogP contribution is 2.42. The third-order valence-electron chi connectivity index (χ3n) is 9.56. The second-order valence-electron chi connectivity index (χ2n) is 14.2. The van der Waals surface area contributed by atoms with E-state index in [0.29, 0.717) is 33.2 Å². The summed E-state index contributed by atoms with van der Waals surface area (Å²) in [4.78, 5) is 39.6. The van der Waals surface area contributed by atoms with Gasteiger partial charge in [-0.25, -0.2) is 27.5 Å². The number of anilines is 3. The van der Waals surface area contributed by atoms with E-state index in [1.165, 1.54) is 23.1 Å². The number of amides is 2. The minimum Gasteiger partial charge on any atom is -0.367 e. The maximum Gasteiger partial charge on any atom is 0.252 e. The second kappa shape index (κ2) is 17.6. The van der Waals surface area contributed by atoms with E-state index in [1.54, 1.807) is 43.4 Å². The van der Waals surface area contributed by atoms with Gasteiger partial charge in [-0.2, -0.15) is 0 Å². The molecule has 2 atom stereocenters. The smallest absolute Gasteiger partial charge is 0.252 e. The standard InChI is InChI=1S/C37H45F4N9O2S2/c1-3-4-14-32(47-30(51)16-24-10-6-12-28(43-24)45-26-18-36(38,39)19-26)53-33(42-2)22-8-5-9-23(15-22)34-49-50-35(54-34)48-31(52)17-25-11-7-13-29(44-25)46-27-20-37(40,41)21-27/h6-7,10-14,22-23,26-27H,3-5,8-9,15-21H2,1-2H3,(H,43,45)(H,44,46)(H,47,51)(H,48,50,52). The van der Waals surface area contributed by atoms with Crippen molar-refractivity contribution in [2.24, 2.45) is 10.9 Å². The molecule has 11 nitrogen and oxygen atoms in total. The average Bonchev–Trinajstić information content (AvgIpc) is 3.56. The van der Waals surface area contributed by atoms with Crippen LogP contribution in [-0.4, -0.2) is 68.0 Å². The molecule has 54 heavy (non-hydrogen) atoms. The van der Waals surface area contributed by atoms with Crippen molar-refractivity contribution in [2.75, 3.05) is 23.0 Å². The number of unbranched alkanes of at least 4 members (excludes halogenated alkanes) is 1. The number of aliphatic imine (C=N–C) groups is 1. The summed E-state index contributed by atoms with van der Waals surface area (Å²) in [5.74, 6) is -4.59. The van der Waals surface area contributed by atoms with Crippen molar-refractivity contribution in [3.8, 4) is 0 Å². The molecule has 2 amide bonds. The Hall–Kier alpha value is -4.12. The van der Waals surface area contributed by atoms with Crippen LogP contribution in [0, 0.1) is 5.92 Å². The van der Waals surface area contributed by atoms with E-state index < -0.39 is 11.8 Å². The molecule has 3 fully saturated rings. The Morgan fingerprint density at radius 3 is 2.09 bits per heavy atom. The number of pyridine rings is 2. The maximum absolute atomic E-state index is 13.3. The first-order chi connectivity index (χ1) is 25.8. The van der Waals surface area contributed by atoms with Crippen LogP contribution in [0.5, 0.6) is 0 Å². The quantitative estimate of drug-likeness (QED) is 0.0685. The molecule has 3 aliphatic rings. The fourth-order valence-electron chi connectivity index (χ4n) is 6.84. The zero-order chi connectivity index (χ0) is 38.3. The number of nitrogens with one attached hydrogen (secondary N) is 4. The summed E-state index contributed by atoms with van der Waals surface area (Å²) in [6.07, 6.45) is 6.43. The average molecular weight is 788 g/mol. The van der Waals surface area contributed by atoms with Crippen molar-refractivity contribution in [1.82, 2.24) is 25.5 Å². The number of carbonyl (C=O) groups is 2. The molecule has 0 bridgehead atoms. The molecule has 3 heterocycles. The number of hydrogen-bond donors (Lipinski definition) is 4. The minimum atomic E-state index is -2.63. The summed E-state index contributed by atoms with van der Waals surface area (Å²) in [5, 5.41) is 23.4. The van der Waals surface area contributed by atoms with Crippen LogP contribution < -0.4 is 21.3 Å². The van der Waals surface area contributed by atoms with E-state index in [4.69, 9.17) is 0 Å². The van der Waals surface area contributed by atoms with E-state index in [0.717, 1.165) is 48.6 Å². The number of thioether (sulfide) groups is 1. The summed E-state index contributed by atoms with van der Waals surface area (Å²) < 4.78 is 53.0. The molecule has 3 aromatic rings. The fraction of sp³-hybridized carbons (Fsp3) is 0.541. The Labute approximate surface area is 320 Å². The van der Waals surface area contributed by atoms with Gasteiger partial charge in [-0.1, -0.05) is 61.1 Å². The van der Waals surface area contributed by atoms with Crippen LogP contribution in [0.4, 0.5) is 34.3 Å². The van der Waals surface area contributed by atoms with Gasteiger partial charge >= 0.3 is 0 Å². The second-order valence-corrected chi connectivity index (χ2v) is 16.3. The van der Waals surface area contributed by atoms with Crippen molar-refractivity contribution in [2.45, 2.75) is 114 Å². The van der Waals surface area contributed by atoms with Gasteiger partial charge in [-0.15, -0.1) is 10.2 Å². The molecule has 3 aliphatic carbocycles. The van der Waals surface area contributed by atoms with E-state index >= 15 is 0 Å². The third kappa shape index (κ3) is 11.2. The summed E-state index contributed by atoms with van der Waals surface area (Å²) >= 11 is 2.81. The number of rotatable bonds is 15. The zero-order valence-electron chi connectivity index (χ0n) is 30.2. The fourth-order valence-corrected chi connectivity index (χ4v) is 8.81. The highest BCUT2D eigenvalue weighted by Gasteiger charge is 2.46. The number of allylic oxidation sites excluding steroid dienone is 1. The molecule has 17 heteroatoms. The zero-order valence-corrected chi connectivity index (χ0v) is 31.9. The molecular formula is C37H45F4N9O2S2. The first kappa shape index (κ1) is 39.6. The Morgan fingerprint density at radius 1 is 0.907 bits per heavy atom. The van der Waals surface area contributed by atoms with Crippen molar-refractivity contribution < 1.29 is 27.2 Å². The van der Waals surface area contributed by atoms with Gasteiger partial charge in [0, 0.05) is 56.7 Å². The molecule has 3 saturated carbocycles. The molecule has 3 aromatic heterocycles. The van der Waals surface area contributed by atoms with Gasteiger partial charge in [-0.05, 0) is 49.9 Å². The summed E-state index contributed by atoms with van der Waals surface area (Å²) in [6.45, 7) is 2.07. The Kier molecular flexibility index (Phi) is 12.9. The van der Waals surface area contributed by atoms with E-state index in [2.05, 4.69) is 53.3 Å². The Balaban J connectivity index is 0.999. The SMILES string of the molecule is CCCC=C(NC(=O)Cc1cccc(NC2CC(F)(F)C2)n1)SC(=NC)C1CCCC(c2nnc(NC(=O)Cc3cccc(NC4CC(F)(F)C4)n3)s2)C1. The number of halogens is 4. The van der Waals surface area contributed by atoms with Crippen LogP contribution in [0.2, 0.25) is 0 Å². The van der Waals surface area contributed by atoms with Crippen LogP contribution in [-0.2, 0) is 22.4 Å². The van der Waals surface area contributed by atoms with Gasteiger partial charge in [0.15, 0.2) is 0 Å². The number of aromatic nitrogens is 4. The molecular weight excluding hydrogens is 743 g/mol. The molecule has 2 unspecified atom stereocenters. The highest BCUT2D eigenvalue weighted by molar-refractivity contribution is 8.17. The van der Waals surface area contributed by atoms with Crippen LogP contribution in [0.3, 0.4) is 0 Å². The van der Waals surface area contributed by atoms with Gasteiger partial charge in [0.05, 0.1) is 34.3 Å². The van der Waals surface area contributed by atoms with E-state index in [1.807, 2.05) is 6.08 Å². The van der Waals surface area contributed by atoms with Crippen LogP contribution in [0.1, 0.15) is 93.4 Å². The summed E-state index contributed by atoms with van der Waals surface area (Å²) in [7, 11) is 1.76. The number of carbonyl (C=O) groups excluding carboxylic acids is 2. The maximum atomic E-state index is 13.3. The molecule has 0 aromatic carbocycles. The Bertz CT molecular complexity index is 1840. The number of nitrogens with zero attached hydrogens (tertiary/aromatic N) is 5. The molecule has 290 valence electrons. The predicted octanol–water partition coefficient (Wildman–Crippen LogP) is 7.96. The first-order valence-corrected chi connectivity index (χ1v) is 20.0. The first-order valence-electron chi connectivity index (χ1n) is 18.3. The van der Waals surface area contributed by atoms with Crippen LogP contribution in [0.25, 0.3) is 0 Å². The largest absolute Gasteiger partial charge is 0.367 e. The minimum absolute atomic E-state index is 0.000987. The normalized spacial score (nSPS) is 21.4. The highest BCUT2D eigenvalue weighted by atomic mass is 32.2. The van der Waals surface area contributed by atoms with Gasteiger partial charge < -0.3 is 21.3 Å². The van der Waals surface area contributed by atoms with Gasteiger partial charge in [0.2, 0.25) is 16.9 Å².